The summed E-state index contributed by atoms with van der Waals surface area (Å²) in [5, 5.41) is -0.930. The molecule has 2 bridgehead atoms. The lowest BCUT2D eigenvalue weighted by Gasteiger charge is -2.49. The highest BCUT2D eigenvalue weighted by molar-refractivity contribution is 6.54. The molecule has 8 heteroatoms. The van der Waals surface area contributed by atoms with Gasteiger partial charge in [0.1, 0.15) is 9.17 Å². The molecule has 2 aliphatic carbocycles. The quantitative estimate of drug-likeness (QED) is 0.523. The van der Waals surface area contributed by atoms with E-state index in [1.807, 2.05) is 0 Å². The molecule has 2 unspecified atom stereocenters. The second-order valence-electron chi connectivity index (χ2n) is 4.95. The summed E-state index contributed by atoms with van der Waals surface area (Å²) in [6.45, 7) is 0. The molecule has 0 amide bonds. The van der Waals surface area contributed by atoms with Crippen LogP contribution >= 0.6 is 92.8 Å². The minimum atomic E-state index is -1.19. The second-order valence-corrected chi connectivity index (χ2v) is 9.04. The molecule has 0 spiro atoms. The Hall–Kier alpha value is 2.32. The summed E-state index contributed by atoms with van der Waals surface area (Å²) in [7, 11) is 0. The van der Waals surface area contributed by atoms with Crippen LogP contribution in [0, 0.1) is 16.7 Å². The Morgan fingerprint density at radius 2 is 1.56 bits per heavy atom. The van der Waals surface area contributed by atoms with Gasteiger partial charge in [-0.15, -0.1) is 92.8 Å². The van der Waals surface area contributed by atoms with E-state index in [2.05, 4.69) is 0 Å². The zero-order chi connectivity index (χ0) is 13.9. The molecule has 2 rings (SSSR count). The Kier molecular flexibility index (Phi) is 4.82. The summed E-state index contributed by atoms with van der Waals surface area (Å²) in [6.07, 6.45) is 0.433. The number of rotatable bonds is 3. The van der Waals surface area contributed by atoms with Gasteiger partial charge in [-0.1, -0.05) is 0 Å². The normalized spacial score (nSPS) is 44.8. The summed E-state index contributed by atoms with van der Waals surface area (Å²) >= 11 is 50.4. The molecule has 0 saturated heterocycles. The number of hydrogen-bond donors (Lipinski definition) is 0. The van der Waals surface area contributed by atoms with Crippen LogP contribution in [0.3, 0.4) is 0 Å². The van der Waals surface area contributed by atoms with Crippen molar-refractivity contribution in [3.8, 4) is 0 Å². The molecule has 0 heterocycles. The van der Waals surface area contributed by atoms with Gasteiger partial charge in [0.2, 0.25) is 0 Å². The van der Waals surface area contributed by atoms with Crippen molar-refractivity contribution in [2.45, 2.75) is 26.3 Å². The third-order valence-electron chi connectivity index (χ3n) is 4.54. The molecule has 106 valence electrons. The first-order valence-electron chi connectivity index (χ1n) is 5.29. The largest absolute Gasteiger partial charge is 0.128 e. The summed E-state index contributed by atoms with van der Waals surface area (Å²) in [6, 6.07) is 0. The van der Waals surface area contributed by atoms with Crippen molar-refractivity contribution >= 4 is 92.8 Å². The predicted octanol–water partition coefficient (Wildman–Crippen LogP) is 5.66. The predicted molar refractivity (Wildman–Crippen MR) is 83.6 cm³/mol. The molecule has 0 aromatic carbocycles. The topological polar surface area (TPSA) is 0 Å². The monoisotopic (exact) mass is 410 g/mol. The van der Waals surface area contributed by atoms with E-state index in [0.29, 0.717) is 6.42 Å². The molecule has 0 aliphatic heterocycles. The number of hydrogen-bond acceptors (Lipinski definition) is 0. The third-order valence-corrected chi connectivity index (χ3v) is 8.41. The Balaban J connectivity index is 2.69. The fourth-order valence-corrected chi connectivity index (χ4v) is 8.68. The van der Waals surface area contributed by atoms with Crippen molar-refractivity contribution in [2.75, 3.05) is 11.8 Å². The number of alkyl halides is 8. The van der Waals surface area contributed by atoms with Gasteiger partial charge in [-0.2, -0.15) is 0 Å². The molecule has 0 aromatic heterocycles. The third kappa shape index (κ3) is 1.67. The molecular weight excluding hydrogens is 404 g/mol. The van der Waals surface area contributed by atoms with Crippen molar-refractivity contribution in [1.29, 1.82) is 0 Å². The summed E-state index contributed by atoms with van der Waals surface area (Å²) in [4.78, 5) is -0.902. The first-order valence-corrected chi connectivity index (χ1v) is 8.86. The summed E-state index contributed by atoms with van der Waals surface area (Å²) in [5.41, 5.74) is -1.68. The summed E-state index contributed by atoms with van der Waals surface area (Å²) < 4.78 is -1.19. The van der Waals surface area contributed by atoms with Gasteiger partial charge in [0.25, 0.3) is 0 Å². The first kappa shape index (κ1) is 16.7. The lowest BCUT2D eigenvalue weighted by atomic mass is 9.69. The Labute approximate surface area is 146 Å². The highest BCUT2D eigenvalue weighted by Gasteiger charge is 2.82. The van der Waals surface area contributed by atoms with Gasteiger partial charge in [-0.3, -0.25) is 0 Å². The van der Waals surface area contributed by atoms with Crippen LogP contribution in [-0.4, -0.2) is 31.7 Å². The highest BCUT2D eigenvalue weighted by Crippen LogP contribution is 2.78. The average molecular weight is 414 g/mol. The molecule has 0 nitrogen and oxygen atoms in total. The number of halogens is 8. The van der Waals surface area contributed by atoms with E-state index in [-0.39, 0.29) is 23.1 Å². The van der Waals surface area contributed by atoms with Gasteiger partial charge in [0, 0.05) is 17.2 Å². The smallest absolute Gasteiger partial charge is 0.126 e. The lowest BCUT2D eigenvalue weighted by molar-refractivity contribution is 0.148. The Morgan fingerprint density at radius 1 is 1.06 bits per heavy atom. The zero-order valence-corrected chi connectivity index (χ0v) is 15.0. The SMILES string of the molecule is ClCC1(CCl)C2CC(Cl)(Cl)C1(C(Cl)Cl)[C@H](Cl)[C@H]2Cl. The second kappa shape index (κ2) is 5.20. The van der Waals surface area contributed by atoms with Crippen LogP contribution in [0.4, 0.5) is 0 Å². The van der Waals surface area contributed by atoms with E-state index in [1.54, 1.807) is 0 Å². The Bertz CT molecular complexity index is 339. The maximum atomic E-state index is 6.45. The van der Waals surface area contributed by atoms with E-state index in [4.69, 9.17) is 92.8 Å². The molecule has 4 atom stereocenters. The molecule has 0 N–H and O–H groups in total. The van der Waals surface area contributed by atoms with Gasteiger partial charge in [0.15, 0.2) is 0 Å². The number of fused-ring (bicyclic) bond motifs is 2. The van der Waals surface area contributed by atoms with Gasteiger partial charge in [-0.05, 0) is 12.3 Å². The van der Waals surface area contributed by atoms with Crippen LogP contribution in [0.1, 0.15) is 6.42 Å². The molecule has 2 saturated carbocycles. The van der Waals surface area contributed by atoms with Crippen molar-refractivity contribution in [3.63, 3.8) is 0 Å². The van der Waals surface area contributed by atoms with Crippen molar-refractivity contribution < 1.29 is 0 Å². The maximum Gasteiger partial charge on any atom is 0.128 e. The van der Waals surface area contributed by atoms with Crippen LogP contribution in [0.2, 0.25) is 0 Å². The zero-order valence-electron chi connectivity index (χ0n) is 8.95. The molecule has 2 fully saturated rings. The fraction of sp³-hybridized carbons (Fsp3) is 1.00. The van der Waals surface area contributed by atoms with Gasteiger partial charge in [-0.25, -0.2) is 0 Å². The average Bonchev–Trinajstić information content (AvgIpc) is 2.61. The molecular formula is C10H10Cl8. The van der Waals surface area contributed by atoms with Crippen molar-refractivity contribution in [1.82, 2.24) is 0 Å². The van der Waals surface area contributed by atoms with Crippen LogP contribution in [0.15, 0.2) is 0 Å². The van der Waals surface area contributed by atoms with E-state index in [0.717, 1.165) is 0 Å². The maximum absolute atomic E-state index is 6.45. The van der Waals surface area contributed by atoms with Crippen LogP contribution in [0.25, 0.3) is 0 Å². The van der Waals surface area contributed by atoms with Gasteiger partial charge < -0.3 is 0 Å². The standard InChI is InChI=1S/C10H10Cl8/c11-2-8(3-12)4-1-9(17,18)10(8,7(15)16)6(14)5(4)13/h4-7H,1-3H2/t4?,5-,6+,10?/m0/s1. The van der Waals surface area contributed by atoms with Crippen molar-refractivity contribution in [2.24, 2.45) is 16.7 Å². The first-order chi connectivity index (χ1) is 8.23. The molecule has 2 aliphatic rings. The molecule has 0 radical (unpaired) electrons. The van der Waals surface area contributed by atoms with E-state index < -0.39 is 25.4 Å². The minimum absolute atomic E-state index is 0.105. The Morgan fingerprint density at radius 3 is 1.89 bits per heavy atom. The van der Waals surface area contributed by atoms with Crippen LogP contribution in [0.5, 0.6) is 0 Å². The molecule has 18 heavy (non-hydrogen) atoms. The lowest BCUT2D eigenvalue weighted by Crippen LogP contribution is -2.56. The summed E-state index contributed by atoms with van der Waals surface area (Å²) in [5.74, 6) is 0.321. The van der Waals surface area contributed by atoms with Crippen LogP contribution in [-0.2, 0) is 0 Å². The van der Waals surface area contributed by atoms with Gasteiger partial charge >= 0.3 is 0 Å². The van der Waals surface area contributed by atoms with Gasteiger partial charge in [0.05, 0.1) is 16.2 Å². The van der Waals surface area contributed by atoms with E-state index >= 15 is 0 Å². The van der Waals surface area contributed by atoms with Crippen LogP contribution < -0.4 is 0 Å². The molecule has 0 aromatic rings. The highest BCUT2D eigenvalue weighted by atomic mass is 35.5. The van der Waals surface area contributed by atoms with Crippen molar-refractivity contribution in [3.05, 3.63) is 0 Å². The fourth-order valence-electron chi connectivity index (χ4n) is 3.61. The van der Waals surface area contributed by atoms with E-state index in [9.17, 15) is 0 Å². The minimum Gasteiger partial charge on any atom is -0.126 e. The van der Waals surface area contributed by atoms with E-state index in [1.165, 1.54) is 0 Å².